The predicted octanol–water partition coefficient (Wildman–Crippen LogP) is 4.29. The topological polar surface area (TPSA) is 88.3 Å². The molecule has 1 amide bonds. The Morgan fingerprint density at radius 1 is 1.12 bits per heavy atom. The Labute approximate surface area is 198 Å². The van der Waals surface area contributed by atoms with Gasteiger partial charge in [-0.25, -0.2) is 0 Å². The van der Waals surface area contributed by atoms with Gasteiger partial charge < -0.3 is 19.6 Å². The van der Waals surface area contributed by atoms with E-state index in [1.54, 1.807) is 7.05 Å². The van der Waals surface area contributed by atoms with E-state index < -0.39 is 0 Å². The number of benzene rings is 2. The highest BCUT2D eigenvalue weighted by Crippen LogP contribution is 2.26. The minimum Gasteiger partial charge on any atom is -0.451 e. The number of aryl methyl sites for hydroxylation is 1. The number of nitrogens with zero attached hydrogens (tertiary/aromatic N) is 3. The van der Waals surface area contributed by atoms with Crippen LogP contribution in [-0.4, -0.2) is 55.6 Å². The van der Waals surface area contributed by atoms with E-state index in [4.69, 9.17) is 9.68 Å². The van der Waals surface area contributed by atoms with Crippen LogP contribution < -0.4 is 10.2 Å². The molecule has 5 rings (SSSR count). The van der Waals surface area contributed by atoms with Gasteiger partial charge in [-0.2, -0.15) is 5.26 Å². The van der Waals surface area contributed by atoms with Gasteiger partial charge in [0.1, 0.15) is 5.58 Å². The smallest absolute Gasteiger partial charge is 0.286 e. The number of nitriles is 1. The lowest BCUT2D eigenvalue weighted by molar-refractivity contribution is 0.0938. The monoisotopic (exact) mass is 455 g/mol. The summed E-state index contributed by atoms with van der Waals surface area (Å²) in [6.07, 6.45) is 5.40. The zero-order valence-corrected chi connectivity index (χ0v) is 19.4. The van der Waals surface area contributed by atoms with Gasteiger partial charge in [0.05, 0.1) is 11.6 Å². The maximum absolute atomic E-state index is 11.8. The van der Waals surface area contributed by atoms with Crippen LogP contribution in [0.5, 0.6) is 0 Å². The summed E-state index contributed by atoms with van der Waals surface area (Å²) in [6, 6.07) is 16.0. The molecule has 7 heteroatoms. The number of H-pyrrole nitrogens is 1. The first-order valence-corrected chi connectivity index (χ1v) is 11.9. The van der Waals surface area contributed by atoms with Gasteiger partial charge in [-0.15, -0.1) is 0 Å². The highest BCUT2D eigenvalue weighted by atomic mass is 16.3. The van der Waals surface area contributed by atoms with Crippen molar-refractivity contribution in [1.29, 1.82) is 5.26 Å². The van der Waals surface area contributed by atoms with E-state index in [1.807, 2.05) is 30.3 Å². The number of amides is 1. The molecule has 0 radical (unpaired) electrons. The van der Waals surface area contributed by atoms with Gasteiger partial charge in [-0.05, 0) is 73.8 Å². The average molecular weight is 456 g/mol. The van der Waals surface area contributed by atoms with Crippen LogP contribution in [0.2, 0.25) is 0 Å². The lowest BCUT2D eigenvalue weighted by Gasteiger charge is -2.36. The Hall–Kier alpha value is -3.76. The molecule has 2 aromatic heterocycles. The van der Waals surface area contributed by atoms with Crippen molar-refractivity contribution in [2.45, 2.75) is 19.3 Å². The number of unbranched alkanes of at least 4 members (excludes halogenated alkanes) is 1. The third-order valence-corrected chi connectivity index (χ3v) is 6.76. The van der Waals surface area contributed by atoms with Gasteiger partial charge in [-0.3, -0.25) is 9.69 Å². The normalized spacial score (nSPS) is 14.5. The van der Waals surface area contributed by atoms with E-state index in [9.17, 15) is 4.79 Å². The number of carbonyl (C=O) groups excluding carboxylic acids is 1. The van der Waals surface area contributed by atoms with Crippen LogP contribution in [0.3, 0.4) is 0 Å². The van der Waals surface area contributed by atoms with Crippen LogP contribution in [0.4, 0.5) is 5.69 Å². The molecule has 1 aliphatic rings. The second-order valence-electron chi connectivity index (χ2n) is 8.88. The summed E-state index contributed by atoms with van der Waals surface area (Å²) >= 11 is 0. The van der Waals surface area contributed by atoms with Crippen molar-refractivity contribution in [3.63, 3.8) is 0 Å². The van der Waals surface area contributed by atoms with Crippen LogP contribution in [0, 0.1) is 11.3 Å². The number of anilines is 1. The Morgan fingerprint density at radius 2 is 1.97 bits per heavy atom. The lowest BCUT2D eigenvalue weighted by Crippen LogP contribution is -2.46. The largest absolute Gasteiger partial charge is 0.451 e. The molecule has 7 nitrogen and oxygen atoms in total. The fourth-order valence-electron chi connectivity index (χ4n) is 4.80. The van der Waals surface area contributed by atoms with E-state index in [1.165, 1.54) is 16.6 Å². The number of furan rings is 1. The van der Waals surface area contributed by atoms with Gasteiger partial charge in [0.25, 0.3) is 5.91 Å². The maximum Gasteiger partial charge on any atom is 0.286 e. The number of hydrogen-bond donors (Lipinski definition) is 2. The number of aromatic amines is 1. The molecule has 4 aromatic rings. The Morgan fingerprint density at radius 3 is 2.76 bits per heavy atom. The molecule has 0 aliphatic carbocycles. The van der Waals surface area contributed by atoms with Crippen LogP contribution in [0.1, 0.15) is 34.5 Å². The number of hydrogen-bond acceptors (Lipinski definition) is 5. The van der Waals surface area contributed by atoms with Gasteiger partial charge in [0.15, 0.2) is 5.76 Å². The Balaban J connectivity index is 1.11. The minimum atomic E-state index is -0.206. The molecule has 0 unspecified atom stereocenters. The SMILES string of the molecule is CNC(=O)c1cc2cc(N3CCN(CCCCc4c[nH]c5ccc(C#N)cc45)CC3)ccc2o1. The summed E-state index contributed by atoms with van der Waals surface area (Å²) in [5, 5.41) is 13.9. The third kappa shape index (κ3) is 4.50. The maximum atomic E-state index is 11.8. The van der Waals surface area contributed by atoms with E-state index in [0.29, 0.717) is 11.3 Å². The quantitative estimate of drug-likeness (QED) is 0.406. The van der Waals surface area contributed by atoms with E-state index in [-0.39, 0.29) is 5.91 Å². The second kappa shape index (κ2) is 9.62. The van der Waals surface area contributed by atoms with Gasteiger partial charge in [-0.1, -0.05) is 0 Å². The van der Waals surface area contributed by atoms with Crippen LogP contribution in [0.25, 0.3) is 21.9 Å². The standard InChI is InChI=1S/C27H29N5O2/c1-29-27(33)26-16-21-15-22(6-8-25(21)34-26)32-12-10-31(11-13-32)9-3-2-4-20-18-30-24-7-5-19(17-28)14-23(20)24/h5-8,14-16,18,30H,2-4,9-13H2,1H3,(H,29,33). The number of fused-ring (bicyclic) bond motifs is 2. The Kier molecular flexibility index (Phi) is 6.24. The van der Waals surface area contributed by atoms with Gasteiger partial charge in [0.2, 0.25) is 0 Å². The molecule has 174 valence electrons. The van der Waals surface area contributed by atoms with Crippen molar-refractivity contribution >= 4 is 33.5 Å². The number of aromatic nitrogens is 1. The molecule has 0 spiro atoms. The summed E-state index contributed by atoms with van der Waals surface area (Å²) < 4.78 is 5.64. The van der Waals surface area contributed by atoms with Crippen LogP contribution >= 0.6 is 0 Å². The first-order chi connectivity index (χ1) is 16.6. The first kappa shape index (κ1) is 22.1. The summed E-state index contributed by atoms with van der Waals surface area (Å²) in [5.74, 6) is 0.139. The van der Waals surface area contributed by atoms with Crippen molar-refractivity contribution in [2.75, 3.05) is 44.7 Å². The number of piperazine rings is 1. The molecular formula is C27H29N5O2. The van der Waals surface area contributed by atoms with Gasteiger partial charge >= 0.3 is 0 Å². The highest BCUT2D eigenvalue weighted by molar-refractivity contribution is 5.96. The Bertz CT molecular complexity index is 1350. The third-order valence-electron chi connectivity index (χ3n) is 6.76. The summed E-state index contributed by atoms with van der Waals surface area (Å²) in [6.45, 7) is 5.18. The summed E-state index contributed by atoms with van der Waals surface area (Å²) in [4.78, 5) is 20.1. The van der Waals surface area contributed by atoms with E-state index >= 15 is 0 Å². The molecule has 1 fully saturated rings. The molecule has 0 atom stereocenters. The molecule has 0 bridgehead atoms. The zero-order valence-electron chi connectivity index (χ0n) is 19.4. The summed E-state index contributed by atoms with van der Waals surface area (Å²) in [5.41, 5.74) is 5.02. The van der Waals surface area contributed by atoms with Crippen molar-refractivity contribution in [3.05, 3.63) is 65.5 Å². The first-order valence-electron chi connectivity index (χ1n) is 11.9. The van der Waals surface area contributed by atoms with Crippen LogP contribution in [0.15, 0.2) is 53.1 Å². The minimum absolute atomic E-state index is 0.206. The number of carbonyl (C=O) groups is 1. The molecule has 1 saturated heterocycles. The van der Waals surface area contributed by atoms with E-state index in [2.05, 4.69) is 44.5 Å². The summed E-state index contributed by atoms with van der Waals surface area (Å²) in [7, 11) is 1.61. The lowest BCUT2D eigenvalue weighted by atomic mass is 10.1. The van der Waals surface area contributed by atoms with E-state index in [0.717, 1.165) is 68.5 Å². The molecule has 2 aromatic carbocycles. The van der Waals surface area contributed by atoms with Crippen molar-refractivity contribution < 1.29 is 9.21 Å². The average Bonchev–Trinajstić information content (AvgIpc) is 3.49. The molecule has 1 aliphatic heterocycles. The zero-order chi connectivity index (χ0) is 23.5. The number of rotatable bonds is 7. The molecule has 0 saturated carbocycles. The fourth-order valence-corrected chi connectivity index (χ4v) is 4.80. The van der Waals surface area contributed by atoms with Crippen LogP contribution in [-0.2, 0) is 6.42 Å². The highest BCUT2D eigenvalue weighted by Gasteiger charge is 2.18. The second-order valence-corrected chi connectivity index (χ2v) is 8.88. The van der Waals surface area contributed by atoms with Gasteiger partial charge in [0, 0.05) is 61.4 Å². The molecule has 3 heterocycles. The number of nitrogens with one attached hydrogen (secondary N) is 2. The van der Waals surface area contributed by atoms with Crippen molar-refractivity contribution in [3.8, 4) is 6.07 Å². The van der Waals surface area contributed by atoms with Crippen molar-refractivity contribution in [1.82, 2.24) is 15.2 Å². The predicted molar refractivity (Wildman–Crippen MR) is 134 cm³/mol. The molecule has 2 N–H and O–H groups in total. The fraction of sp³-hybridized carbons (Fsp3) is 0.333. The molecule has 34 heavy (non-hydrogen) atoms. The van der Waals surface area contributed by atoms with Crippen molar-refractivity contribution in [2.24, 2.45) is 0 Å². The molecular weight excluding hydrogens is 426 g/mol.